The Balaban J connectivity index is 1.80. The molecule has 0 aliphatic heterocycles. The molecule has 2 aromatic carbocycles. The predicted octanol–water partition coefficient (Wildman–Crippen LogP) is 4.20. The first kappa shape index (κ1) is 19.7. The highest BCUT2D eigenvalue weighted by Gasteiger charge is 2.25. The van der Waals surface area contributed by atoms with Gasteiger partial charge in [0.1, 0.15) is 5.69 Å². The molecule has 0 atom stereocenters. The number of nitro groups is 1. The summed E-state index contributed by atoms with van der Waals surface area (Å²) in [4.78, 5) is 37.5. The lowest BCUT2D eigenvalue weighted by atomic mass is 10.1. The van der Waals surface area contributed by atoms with Gasteiger partial charge in [0.2, 0.25) is 0 Å². The summed E-state index contributed by atoms with van der Waals surface area (Å²) in [6.07, 6.45) is 1.97. The van der Waals surface area contributed by atoms with Crippen molar-refractivity contribution in [3.63, 3.8) is 0 Å². The van der Waals surface area contributed by atoms with Crippen molar-refractivity contribution in [3.05, 3.63) is 58.1 Å². The third-order valence-electron chi connectivity index (χ3n) is 4.09. The molecule has 1 fully saturated rings. The van der Waals surface area contributed by atoms with Gasteiger partial charge in [-0.2, -0.15) is 0 Å². The Bertz CT molecular complexity index is 928. The van der Waals surface area contributed by atoms with Gasteiger partial charge in [-0.05, 0) is 48.9 Å². The number of anilines is 2. The summed E-state index contributed by atoms with van der Waals surface area (Å²) in [5.74, 6) is -0.480. The summed E-state index contributed by atoms with van der Waals surface area (Å²) < 4.78 is 0. The number of nitrogens with one attached hydrogen (secondary N) is 2. The van der Waals surface area contributed by atoms with Gasteiger partial charge in [-0.25, -0.2) is 0 Å². The third-order valence-corrected chi connectivity index (χ3v) is 5.21. The minimum atomic E-state index is -0.499. The summed E-state index contributed by atoms with van der Waals surface area (Å²) in [6, 6.07) is 11.6. The average Bonchev–Trinajstić information content (AvgIpc) is 3.47. The number of thioether (sulfide) groups is 1. The Kier molecular flexibility index (Phi) is 5.84. The van der Waals surface area contributed by atoms with Crippen molar-refractivity contribution >= 4 is 40.0 Å². The van der Waals surface area contributed by atoms with Gasteiger partial charge in [-0.3, -0.25) is 19.7 Å². The van der Waals surface area contributed by atoms with Crippen LogP contribution in [0.2, 0.25) is 0 Å². The van der Waals surface area contributed by atoms with Crippen LogP contribution in [0.3, 0.4) is 0 Å². The van der Waals surface area contributed by atoms with Gasteiger partial charge < -0.3 is 15.5 Å². The topological polar surface area (TPSA) is 105 Å². The van der Waals surface area contributed by atoms with Gasteiger partial charge in [-0.1, -0.05) is 12.1 Å². The van der Waals surface area contributed by atoms with Crippen LogP contribution in [0.4, 0.5) is 21.9 Å². The van der Waals surface area contributed by atoms with Gasteiger partial charge in [0.25, 0.3) is 16.8 Å². The second-order valence-electron chi connectivity index (χ2n) is 6.62. The fourth-order valence-electron chi connectivity index (χ4n) is 2.43. The largest absolute Gasteiger partial charge is 0.377 e. The monoisotopic (exact) mass is 400 g/mol. The lowest BCUT2D eigenvalue weighted by Crippen LogP contribution is -2.17. The number of para-hydroxylation sites is 1. The molecule has 1 aliphatic carbocycles. The zero-order valence-corrected chi connectivity index (χ0v) is 16.3. The van der Waals surface area contributed by atoms with Gasteiger partial charge in [0, 0.05) is 36.7 Å². The SMILES string of the molecule is CN(C)C(=O)Sc1ccccc1NC(=O)c1ccc(NC2CC2)c([N+](=O)[O-])c1. The van der Waals surface area contributed by atoms with E-state index >= 15 is 0 Å². The van der Waals surface area contributed by atoms with Crippen molar-refractivity contribution in [1.82, 2.24) is 4.90 Å². The van der Waals surface area contributed by atoms with Crippen molar-refractivity contribution in [2.24, 2.45) is 0 Å². The van der Waals surface area contributed by atoms with Crippen molar-refractivity contribution in [2.75, 3.05) is 24.7 Å². The lowest BCUT2D eigenvalue weighted by Gasteiger charge is -2.13. The molecule has 0 heterocycles. The number of nitrogens with zero attached hydrogens (tertiary/aromatic N) is 2. The quantitative estimate of drug-likeness (QED) is 0.428. The zero-order chi connectivity index (χ0) is 20.3. The Morgan fingerprint density at radius 1 is 1.14 bits per heavy atom. The first-order chi connectivity index (χ1) is 13.3. The van der Waals surface area contributed by atoms with Crippen LogP contribution in [0.1, 0.15) is 23.2 Å². The molecule has 28 heavy (non-hydrogen) atoms. The Morgan fingerprint density at radius 2 is 1.86 bits per heavy atom. The van der Waals surface area contributed by atoms with Crippen LogP contribution in [0.15, 0.2) is 47.4 Å². The summed E-state index contributed by atoms with van der Waals surface area (Å²) in [5.41, 5.74) is 0.920. The van der Waals surface area contributed by atoms with Crippen LogP contribution >= 0.6 is 11.8 Å². The maximum absolute atomic E-state index is 12.6. The molecule has 8 nitrogen and oxygen atoms in total. The first-order valence-corrected chi connectivity index (χ1v) is 9.51. The smallest absolute Gasteiger partial charge is 0.293 e. The van der Waals surface area contributed by atoms with E-state index in [0.29, 0.717) is 16.3 Å². The highest BCUT2D eigenvalue weighted by Crippen LogP contribution is 2.32. The lowest BCUT2D eigenvalue weighted by molar-refractivity contribution is -0.384. The molecular weight excluding hydrogens is 380 g/mol. The molecule has 1 saturated carbocycles. The summed E-state index contributed by atoms with van der Waals surface area (Å²) in [7, 11) is 3.29. The number of carbonyl (C=O) groups excluding carboxylic acids is 2. The zero-order valence-electron chi connectivity index (χ0n) is 15.5. The maximum atomic E-state index is 12.6. The van der Waals surface area contributed by atoms with E-state index in [0.717, 1.165) is 24.6 Å². The molecule has 0 saturated heterocycles. The standard InChI is InChI=1S/C19H20N4O4S/c1-22(2)19(25)28-17-6-4-3-5-15(17)21-18(24)12-7-10-14(20-13-8-9-13)16(11-12)23(26)27/h3-7,10-11,13,20H,8-9H2,1-2H3,(H,21,24). The number of rotatable bonds is 6. The normalized spacial score (nSPS) is 12.9. The number of hydrogen-bond acceptors (Lipinski definition) is 6. The predicted molar refractivity (Wildman–Crippen MR) is 109 cm³/mol. The number of hydrogen-bond donors (Lipinski definition) is 2. The molecule has 2 amide bonds. The minimum Gasteiger partial charge on any atom is -0.377 e. The Hall–Kier alpha value is -3.07. The molecular formula is C19H20N4O4S. The summed E-state index contributed by atoms with van der Waals surface area (Å²) >= 11 is 0.994. The summed E-state index contributed by atoms with van der Waals surface area (Å²) in [5, 5.41) is 17.1. The second kappa shape index (κ2) is 8.30. The van der Waals surface area contributed by atoms with Crippen molar-refractivity contribution in [1.29, 1.82) is 0 Å². The molecule has 3 rings (SSSR count). The van der Waals surface area contributed by atoms with E-state index in [1.165, 1.54) is 11.0 Å². The van der Waals surface area contributed by atoms with Crippen LogP contribution in [0.5, 0.6) is 0 Å². The van der Waals surface area contributed by atoms with E-state index in [2.05, 4.69) is 10.6 Å². The first-order valence-electron chi connectivity index (χ1n) is 8.69. The van der Waals surface area contributed by atoms with Gasteiger partial charge in [0.05, 0.1) is 10.6 Å². The number of benzene rings is 2. The minimum absolute atomic E-state index is 0.134. The number of amides is 2. The van der Waals surface area contributed by atoms with Crippen LogP contribution in [0, 0.1) is 10.1 Å². The fraction of sp³-hybridized carbons (Fsp3) is 0.263. The highest BCUT2D eigenvalue weighted by atomic mass is 32.2. The molecule has 0 spiro atoms. The second-order valence-corrected chi connectivity index (χ2v) is 7.61. The Labute approximate surface area is 166 Å². The molecule has 0 aromatic heterocycles. The summed E-state index contributed by atoms with van der Waals surface area (Å²) in [6.45, 7) is 0. The van der Waals surface area contributed by atoms with E-state index < -0.39 is 10.8 Å². The fourth-order valence-corrected chi connectivity index (χ4v) is 3.18. The van der Waals surface area contributed by atoms with Crippen LogP contribution in [0.25, 0.3) is 0 Å². The van der Waals surface area contributed by atoms with Crippen molar-refractivity contribution in [2.45, 2.75) is 23.8 Å². The molecule has 9 heteroatoms. The number of carbonyl (C=O) groups is 2. The molecule has 0 radical (unpaired) electrons. The van der Waals surface area contributed by atoms with Crippen LogP contribution in [-0.2, 0) is 0 Å². The molecule has 2 aromatic rings. The van der Waals surface area contributed by atoms with Gasteiger partial charge in [-0.15, -0.1) is 0 Å². The van der Waals surface area contributed by atoms with Gasteiger partial charge >= 0.3 is 0 Å². The van der Waals surface area contributed by atoms with Crippen LogP contribution < -0.4 is 10.6 Å². The maximum Gasteiger partial charge on any atom is 0.293 e. The molecule has 2 N–H and O–H groups in total. The molecule has 0 bridgehead atoms. The Morgan fingerprint density at radius 3 is 2.50 bits per heavy atom. The van der Waals surface area contributed by atoms with E-state index in [1.807, 2.05) is 0 Å². The van der Waals surface area contributed by atoms with Crippen LogP contribution in [-0.4, -0.2) is 41.1 Å². The van der Waals surface area contributed by atoms with E-state index in [9.17, 15) is 19.7 Å². The van der Waals surface area contributed by atoms with E-state index in [-0.39, 0.29) is 22.5 Å². The van der Waals surface area contributed by atoms with Gasteiger partial charge in [0.15, 0.2) is 0 Å². The van der Waals surface area contributed by atoms with Crippen molar-refractivity contribution in [3.8, 4) is 0 Å². The molecule has 146 valence electrons. The van der Waals surface area contributed by atoms with E-state index in [1.54, 1.807) is 50.5 Å². The number of nitro benzene ring substituents is 1. The highest BCUT2D eigenvalue weighted by molar-refractivity contribution is 8.13. The van der Waals surface area contributed by atoms with E-state index in [4.69, 9.17) is 0 Å². The third kappa shape index (κ3) is 4.80. The van der Waals surface area contributed by atoms with Crippen molar-refractivity contribution < 1.29 is 14.5 Å². The molecule has 0 unspecified atom stereocenters. The average molecular weight is 400 g/mol. The molecule has 1 aliphatic rings.